The third kappa shape index (κ3) is 2.63. The van der Waals surface area contributed by atoms with Gasteiger partial charge in [-0.3, -0.25) is 4.79 Å². The molecular weight excluding hydrogens is 242 g/mol. The first-order valence-corrected chi connectivity index (χ1v) is 6.50. The zero-order valence-electron chi connectivity index (χ0n) is 12.2. The molecule has 1 aromatic heterocycles. The van der Waals surface area contributed by atoms with Gasteiger partial charge in [-0.25, -0.2) is 4.98 Å². The quantitative estimate of drug-likeness (QED) is 0.787. The number of aromatic nitrogens is 1. The molecule has 19 heavy (non-hydrogen) atoms. The second-order valence-electron chi connectivity index (χ2n) is 6.15. The van der Waals surface area contributed by atoms with Crippen LogP contribution in [0.5, 0.6) is 5.88 Å². The average Bonchev–Trinajstić information content (AvgIpc) is 2.56. The molecule has 1 fully saturated rings. The number of hydrogen-bond donors (Lipinski definition) is 0. The Morgan fingerprint density at radius 1 is 1.42 bits per heavy atom. The van der Waals surface area contributed by atoms with Gasteiger partial charge in [-0.05, 0) is 46.2 Å². The first-order chi connectivity index (χ1) is 8.77. The molecule has 2 rings (SSSR count). The number of pyridine rings is 1. The predicted molar refractivity (Wildman–Crippen MR) is 72.5 cm³/mol. The Labute approximate surface area is 114 Å². The van der Waals surface area contributed by atoms with E-state index >= 15 is 0 Å². The Morgan fingerprint density at radius 2 is 2.11 bits per heavy atom. The Kier molecular flexibility index (Phi) is 3.39. The first-order valence-electron chi connectivity index (χ1n) is 6.50. The summed E-state index contributed by atoms with van der Waals surface area (Å²) in [5, 5.41) is 0. The van der Waals surface area contributed by atoms with Gasteiger partial charge in [-0.1, -0.05) is 0 Å². The molecule has 1 aromatic rings. The number of ether oxygens (including phenoxy) is 2. The maximum atomic E-state index is 12.7. The number of rotatable bonds is 3. The summed E-state index contributed by atoms with van der Waals surface area (Å²) in [4.78, 5) is 16.8. The van der Waals surface area contributed by atoms with Crippen LogP contribution in [0.4, 0.5) is 0 Å². The highest BCUT2D eigenvalue weighted by Crippen LogP contribution is 2.43. The zero-order chi connectivity index (χ0) is 14.3. The summed E-state index contributed by atoms with van der Waals surface area (Å²) < 4.78 is 11.2. The molecule has 0 radical (unpaired) electrons. The number of ketones is 1. The molecular formula is C15H21NO3. The second-order valence-corrected chi connectivity index (χ2v) is 6.15. The van der Waals surface area contributed by atoms with Crippen LogP contribution < -0.4 is 4.74 Å². The van der Waals surface area contributed by atoms with Crippen LogP contribution in [0.25, 0.3) is 0 Å². The molecule has 1 aliphatic rings. The van der Waals surface area contributed by atoms with Crippen molar-refractivity contribution in [3.05, 3.63) is 23.9 Å². The van der Waals surface area contributed by atoms with Crippen molar-refractivity contribution in [2.75, 3.05) is 7.11 Å². The standard InChI is InChI=1S/C15H21NO3/c1-14(2)9-11(15(3,4)19-14)12(17)10-7-6-8-16-13(10)18-5/h6-8,11H,9H2,1-5H3. The molecule has 1 atom stereocenters. The molecule has 4 heteroatoms. The smallest absolute Gasteiger partial charge is 0.224 e. The van der Waals surface area contributed by atoms with Gasteiger partial charge in [0.05, 0.1) is 29.8 Å². The average molecular weight is 263 g/mol. The van der Waals surface area contributed by atoms with E-state index < -0.39 is 5.60 Å². The van der Waals surface area contributed by atoms with E-state index in [0.29, 0.717) is 17.9 Å². The fraction of sp³-hybridized carbons (Fsp3) is 0.600. The molecule has 0 N–H and O–H groups in total. The Morgan fingerprint density at radius 3 is 2.63 bits per heavy atom. The van der Waals surface area contributed by atoms with Crippen LogP contribution in [-0.4, -0.2) is 29.1 Å². The molecule has 0 saturated carbocycles. The van der Waals surface area contributed by atoms with Crippen LogP contribution in [-0.2, 0) is 4.74 Å². The third-order valence-electron chi connectivity index (χ3n) is 3.62. The summed E-state index contributed by atoms with van der Waals surface area (Å²) in [6, 6.07) is 3.51. The van der Waals surface area contributed by atoms with E-state index in [9.17, 15) is 4.79 Å². The minimum atomic E-state index is -0.471. The number of carbonyl (C=O) groups excluding carboxylic acids is 1. The SMILES string of the molecule is COc1ncccc1C(=O)C1CC(C)(C)OC1(C)C. The molecule has 0 aromatic carbocycles. The van der Waals surface area contributed by atoms with Crippen LogP contribution >= 0.6 is 0 Å². The largest absolute Gasteiger partial charge is 0.480 e. The maximum absolute atomic E-state index is 12.7. The summed E-state index contributed by atoms with van der Waals surface area (Å²) in [6.07, 6.45) is 2.33. The van der Waals surface area contributed by atoms with Crippen molar-refractivity contribution in [2.24, 2.45) is 5.92 Å². The Bertz CT molecular complexity index is 494. The van der Waals surface area contributed by atoms with E-state index in [2.05, 4.69) is 4.98 Å². The van der Waals surface area contributed by atoms with E-state index in [1.165, 1.54) is 7.11 Å². The van der Waals surface area contributed by atoms with Gasteiger partial charge in [0.2, 0.25) is 5.88 Å². The number of hydrogen-bond acceptors (Lipinski definition) is 4. The van der Waals surface area contributed by atoms with Crippen LogP contribution in [0.15, 0.2) is 18.3 Å². The third-order valence-corrected chi connectivity index (χ3v) is 3.62. The van der Waals surface area contributed by atoms with Crippen molar-refractivity contribution < 1.29 is 14.3 Å². The number of nitrogens with zero attached hydrogens (tertiary/aromatic N) is 1. The lowest BCUT2D eigenvalue weighted by atomic mass is 9.82. The summed E-state index contributed by atoms with van der Waals surface area (Å²) in [5.74, 6) is 0.245. The lowest BCUT2D eigenvalue weighted by Crippen LogP contribution is -2.34. The van der Waals surface area contributed by atoms with Crippen molar-refractivity contribution in [3.63, 3.8) is 0 Å². The molecule has 1 unspecified atom stereocenters. The predicted octanol–water partition coefficient (Wildman–Crippen LogP) is 2.87. The van der Waals surface area contributed by atoms with Gasteiger partial charge < -0.3 is 9.47 Å². The van der Waals surface area contributed by atoms with E-state index in [4.69, 9.17) is 9.47 Å². The van der Waals surface area contributed by atoms with Crippen LogP contribution in [0, 0.1) is 5.92 Å². The lowest BCUT2D eigenvalue weighted by Gasteiger charge is -2.26. The minimum absolute atomic E-state index is 0.0422. The van der Waals surface area contributed by atoms with Gasteiger partial charge in [-0.2, -0.15) is 0 Å². The fourth-order valence-electron chi connectivity index (χ4n) is 2.90. The molecule has 0 amide bonds. The Balaban J connectivity index is 2.34. The number of Topliss-reactive ketones (excluding diaryl/α,β-unsaturated/α-hetero) is 1. The summed E-state index contributed by atoms with van der Waals surface area (Å²) in [6.45, 7) is 7.96. The highest BCUT2D eigenvalue weighted by molar-refractivity contribution is 6.00. The van der Waals surface area contributed by atoms with Crippen molar-refractivity contribution in [3.8, 4) is 5.88 Å². The summed E-state index contributed by atoms with van der Waals surface area (Å²) in [7, 11) is 1.53. The van der Waals surface area contributed by atoms with Crippen LogP contribution in [0.1, 0.15) is 44.5 Å². The minimum Gasteiger partial charge on any atom is -0.480 e. The zero-order valence-corrected chi connectivity index (χ0v) is 12.2. The molecule has 104 valence electrons. The van der Waals surface area contributed by atoms with Crippen molar-refractivity contribution in [2.45, 2.75) is 45.3 Å². The van der Waals surface area contributed by atoms with E-state index in [-0.39, 0.29) is 17.3 Å². The molecule has 2 heterocycles. The first kappa shape index (κ1) is 14.0. The molecule has 0 bridgehead atoms. The fourth-order valence-corrected chi connectivity index (χ4v) is 2.90. The van der Waals surface area contributed by atoms with Crippen molar-refractivity contribution in [1.82, 2.24) is 4.98 Å². The molecule has 4 nitrogen and oxygen atoms in total. The summed E-state index contributed by atoms with van der Waals surface area (Å²) >= 11 is 0. The monoisotopic (exact) mass is 263 g/mol. The highest BCUT2D eigenvalue weighted by Gasteiger charge is 2.49. The number of carbonyl (C=O) groups is 1. The van der Waals surface area contributed by atoms with Gasteiger partial charge >= 0.3 is 0 Å². The topological polar surface area (TPSA) is 48.4 Å². The van der Waals surface area contributed by atoms with Crippen molar-refractivity contribution >= 4 is 5.78 Å². The van der Waals surface area contributed by atoms with Gasteiger partial charge in [0.25, 0.3) is 0 Å². The molecule has 0 spiro atoms. The Hall–Kier alpha value is -1.42. The van der Waals surface area contributed by atoms with Gasteiger partial charge in [-0.15, -0.1) is 0 Å². The van der Waals surface area contributed by atoms with Crippen LogP contribution in [0.2, 0.25) is 0 Å². The number of methoxy groups -OCH3 is 1. The van der Waals surface area contributed by atoms with Crippen LogP contribution in [0.3, 0.4) is 0 Å². The molecule has 1 saturated heterocycles. The maximum Gasteiger partial charge on any atom is 0.224 e. The lowest BCUT2D eigenvalue weighted by molar-refractivity contribution is -0.0712. The molecule has 0 aliphatic carbocycles. The normalized spacial score (nSPS) is 24.2. The molecule has 1 aliphatic heterocycles. The van der Waals surface area contributed by atoms with Gasteiger partial charge in [0, 0.05) is 6.20 Å². The van der Waals surface area contributed by atoms with Crippen molar-refractivity contribution in [1.29, 1.82) is 0 Å². The highest BCUT2D eigenvalue weighted by atomic mass is 16.5. The van der Waals surface area contributed by atoms with E-state index in [0.717, 1.165) is 0 Å². The van der Waals surface area contributed by atoms with E-state index in [1.807, 2.05) is 27.7 Å². The van der Waals surface area contributed by atoms with Gasteiger partial charge in [0.15, 0.2) is 5.78 Å². The van der Waals surface area contributed by atoms with Gasteiger partial charge in [0.1, 0.15) is 0 Å². The van der Waals surface area contributed by atoms with E-state index in [1.54, 1.807) is 18.3 Å². The second kappa shape index (κ2) is 4.60. The summed E-state index contributed by atoms with van der Waals surface area (Å²) in [5.41, 5.74) is -0.217.